The van der Waals surface area contributed by atoms with Gasteiger partial charge in [0.2, 0.25) is 5.91 Å². The first-order valence-electron chi connectivity index (χ1n) is 3.93. The van der Waals surface area contributed by atoms with Gasteiger partial charge in [0.25, 0.3) is 0 Å². The van der Waals surface area contributed by atoms with Gasteiger partial charge in [0.05, 0.1) is 0 Å². The lowest BCUT2D eigenvalue weighted by molar-refractivity contribution is -0.118. The number of H-pyrrole nitrogens is 1. The molecule has 12 heavy (non-hydrogen) atoms. The molecule has 0 aliphatic heterocycles. The number of hydrogen-bond acceptors (Lipinski definition) is 2. The Morgan fingerprint density at radius 1 is 1.75 bits per heavy atom. The number of aryl methyl sites for hydroxylation is 1. The summed E-state index contributed by atoms with van der Waals surface area (Å²) in [5, 5.41) is 2.70. The summed E-state index contributed by atoms with van der Waals surface area (Å²) in [5.41, 5.74) is 1.05. The molecule has 1 aromatic rings. The maximum atomic E-state index is 10.5. The van der Waals surface area contributed by atoms with E-state index in [9.17, 15) is 4.79 Å². The van der Waals surface area contributed by atoms with E-state index in [0.717, 1.165) is 17.9 Å². The number of rotatable bonds is 3. The van der Waals surface area contributed by atoms with Crippen LogP contribution in [0.15, 0.2) is 6.20 Å². The van der Waals surface area contributed by atoms with Crippen LogP contribution in [0.25, 0.3) is 0 Å². The maximum Gasteiger partial charge on any atom is 0.216 e. The van der Waals surface area contributed by atoms with E-state index in [4.69, 9.17) is 0 Å². The molecule has 1 rings (SSSR count). The van der Waals surface area contributed by atoms with Crippen molar-refractivity contribution in [1.82, 2.24) is 15.3 Å². The molecular weight excluding hydrogens is 154 g/mol. The summed E-state index contributed by atoms with van der Waals surface area (Å²) in [5.74, 6) is 0.916. The van der Waals surface area contributed by atoms with Gasteiger partial charge in [-0.05, 0) is 6.92 Å². The molecule has 0 aromatic carbocycles. The highest BCUT2D eigenvalue weighted by Crippen LogP contribution is 1.94. The summed E-state index contributed by atoms with van der Waals surface area (Å²) in [6.45, 7) is 4.10. The van der Waals surface area contributed by atoms with Crippen molar-refractivity contribution in [1.29, 1.82) is 0 Å². The lowest BCUT2D eigenvalue weighted by Crippen LogP contribution is -2.22. The highest BCUT2D eigenvalue weighted by Gasteiger charge is 1.96. The number of aromatic amines is 1. The van der Waals surface area contributed by atoms with E-state index in [1.807, 2.05) is 6.92 Å². The molecule has 1 amide bonds. The first kappa shape index (κ1) is 8.77. The minimum atomic E-state index is -0.00159. The molecule has 2 N–H and O–H groups in total. The second kappa shape index (κ2) is 3.90. The van der Waals surface area contributed by atoms with Crippen LogP contribution in [-0.2, 0) is 11.2 Å². The average Bonchev–Trinajstić information content (AvgIpc) is 2.35. The Morgan fingerprint density at radius 3 is 3.00 bits per heavy atom. The number of amides is 1. The number of nitrogens with one attached hydrogen (secondary N) is 2. The SMILES string of the molecule is CC(=O)NCCc1ncc(C)[nH]1. The van der Waals surface area contributed by atoms with Crippen LogP contribution in [0.4, 0.5) is 0 Å². The highest BCUT2D eigenvalue weighted by atomic mass is 16.1. The van der Waals surface area contributed by atoms with Crippen molar-refractivity contribution in [2.24, 2.45) is 0 Å². The van der Waals surface area contributed by atoms with E-state index in [-0.39, 0.29) is 5.91 Å². The van der Waals surface area contributed by atoms with Crippen molar-refractivity contribution >= 4 is 5.91 Å². The number of imidazole rings is 1. The van der Waals surface area contributed by atoms with Gasteiger partial charge < -0.3 is 10.3 Å². The standard InChI is InChI=1S/C8H13N3O/c1-6-5-10-8(11-6)3-4-9-7(2)12/h5H,3-4H2,1-2H3,(H,9,12)(H,10,11). The zero-order valence-corrected chi connectivity index (χ0v) is 7.35. The minimum absolute atomic E-state index is 0.00159. The quantitative estimate of drug-likeness (QED) is 0.684. The number of carbonyl (C=O) groups excluding carboxylic acids is 1. The van der Waals surface area contributed by atoms with Gasteiger partial charge >= 0.3 is 0 Å². The van der Waals surface area contributed by atoms with Gasteiger partial charge in [0.1, 0.15) is 5.82 Å². The van der Waals surface area contributed by atoms with E-state index >= 15 is 0 Å². The normalized spacial score (nSPS) is 9.83. The molecule has 4 heteroatoms. The first-order chi connectivity index (χ1) is 5.68. The largest absolute Gasteiger partial charge is 0.356 e. The van der Waals surface area contributed by atoms with Crippen LogP contribution in [0.5, 0.6) is 0 Å². The van der Waals surface area contributed by atoms with Gasteiger partial charge in [0, 0.05) is 31.8 Å². The van der Waals surface area contributed by atoms with Crippen molar-refractivity contribution < 1.29 is 4.79 Å². The van der Waals surface area contributed by atoms with E-state index in [1.54, 1.807) is 6.20 Å². The fraction of sp³-hybridized carbons (Fsp3) is 0.500. The molecule has 0 bridgehead atoms. The van der Waals surface area contributed by atoms with Crippen LogP contribution >= 0.6 is 0 Å². The van der Waals surface area contributed by atoms with Crippen LogP contribution in [0.1, 0.15) is 18.4 Å². The molecule has 1 aromatic heterocycles. The zero-order valence-electron chi connectivity index (χ0n) is 7.35. The van der Waals surface area contributed by atoms with Gasteiger partial charge in [-0.2, -0.15) is 0 Å². The highest BCUT2D eigenvalue weighted by molar-refractivity contribution is 5.72. The van der Waals surface area contributed by atoms with Gasteiger partial charge in [0.15, 0.2) is 0 Å². The molecule has 0 radical (unpaired) electrons. The van der Waals surface area contributed by atoms with Crippen LogP contribution in [0, 0.1) is 6.92 Å². The summed E-state index contributed by atoms with van der Waals surface area (Å²) in [6, 6.07) is 0. The summed E-state index contributed by atoms with van der Waals surface area (Å²) in [6.07, 6.45) is 2.54. The number of aromatic nitrogens is 2. The second-order valence-corrected chi connectivity index (χ2v) is 2.75. The van der Waals surface area contributed by atoms with E-state index < -0.39 is 0 Å². The Bertz CT molecular complexity index is 267. The van der Waals surface area contributed by atoms with Crippen LogP contribution in [-0.4, -0.2) is 22.4 Å². The molecule has 0 aliphatic rings. The summed E-state index contributed by atoms with van der Waals surface area (Å²) < 4.78 is 0. The topological polar surface area (TPSA) is 57.8 Å². The molecule has 0 saturated heterocycles. The molecular formula is C8H13N3O. The molecule has 66 valence electrons. The number of carbonyl (C=O) groups is 1. The molecule has 4 nitrogen and oxygen atoms in total. The average molecular weight is 167 g/mol. The third-order valence-electron chi connectivity index (χ3n) is 1.49. The van der Waals surface area contributed by atoms with Crippen molar-refractivity contribution in [3.63, 3.8) is 0 Å². The Balaban J connectivity index is 2.29. The van der Waals surface area contributed by atoms with Crippen molar-refractivity contribution in [2.45, 2.75) is 20.3 Å². The molecule has 0 unspecified atom stereocenters. The molecule has 0 atom stereocenters. The minimum Gasteiger partial charge on any atom is -0.356 e. The monoisotopic (exact) mass is 167 g/mol. The lowest BCUT2D eigenvalue weighted by atomic mass is 10.4. The van der Waals surface area contributed by atoms with Gasteiger partial charge in [-0.15, -0.1) is 0 Å². The Kier molecular flexibility index (Phi) is 2.85. The Labute approximate surface area is 71.4 Å². The lowest BCUT2D eigenvalue weighted by Gasteiger charge is -1.98. The second-order valence-electron chi connectivity index (χ2n) is 2.75. The first-order valence-corrected chi connectivity index (χ1v) is 3.93. The predicted molar refractivity (Wildman–Crippen MR) is 45.7 cm³/mol. The Morgan fingerprint density at radius 2 is 2.50 bits per heavy atom. The fourth-order valence-electron chi connectivity index (χ4n) is 0.951. The van der Waals surface area contributed by atoms with Gasteiger partial charge in [-0.25, -0.2) is 4.98 Å². The zero-order chi connectivity index (χ0) is 8.97. The van der Waals surface area contributed by atoms with E-state index in [0.29, 0.717) is 6.54 Å². The number of hydrogen-bond donors (Lipinski definition) is 2. The maximum absolute atomic E-state index is 10.5. The van der Waals surface area contributed by atoms with Gasteiger partial charge in [-0.3, -0.25) is 4.79 Å². The van der Waals surface area contributed by atoms with Crippen LogP contribution in [0.2, 0.25) is 0 Å². The summed E-state index contributed by atoms with van der Waals surface area (Å²) in [7, 11) is 0. The number of nitrogens with zero attached hydrogens (tertiary/aromatic N) is 1. The van der Waals surface area contributed by atoms with Crippen molar-refractivity contribution in [3.8, 4) is 0 Å². The molecule has 0 aliphatic carbocycles. The smallest absolute Gasteiger partial charge is 0.216 e. The molecule has 1 heterocycles. The third-order valence-corrected chi connectivity index (χ3v) is 1.49. The predicted octanol–water partition coefficient (Wildman–Crippen LogP) is 0.397. The molecule has 0 saturated carbocycles. The Hall–Kier alpha value is -1.32. The van der Waals surface area contributed by atoms with Crippen LogP contribution < -0.4 is 5.32 Å². The third kappa shape index (κ3) is 2.74. The van der Waals surface area contributed by atoms with Gasteiger partial charge in [-0.1, -0.05) is 0 Å². The van der Waals surface area contributed by atoms with Crippen molar-refractivity contribution in [2.75, 3.05) is 6.54 Å². The molecule has 0 spiro atoms. The van der Waals surface area contributed by atoms with E-state index in [1.165, 1.54) is 6.92 Å². The van der Waals surface area contributed by atoms with Crippen LogP contribution in [0.3, 0.4) is 0 Å². The summed E-state index contributed by atoms with van der Waals surface area (Å²) >= 11 is 0. The fourth-order valence-corrected chi connectivity index (χ4v) is 0.951. The summed E-state index contributed by atoms with van der Waals surface area (Å²) in [4.78, 5) is 17.7. The van der Waals surface area contributed by atoms with E-state index in [2.05, 4.69) is 15.3 Å². The molecule has 0 fully saturated rings. The van der Waals surface area contributed by atoms with Crippen molar-refractivity contribution in [3.05, 3.63) is 17.7 Å².